The van der Waals surface area contributed by atoms with Crippen molar-refractivity contribution in [2.45, 2.75) is 31.8 Å². The van der Waals surface area contributed by atoms with Crippen LogP contribution in [-0.4, -0.2) is 25.4 Å². The number of rotatable bonds is 3. The molecule has 0 saturated carbocycles. The lowest BCUT2D eigenvalue weighted by Gasteiger charge is -2.19. The van der Waals surface area contributed by atoms with Crippen LogP contribution in [0.1, 0.15) is 30.3 Å². The van der Waals surface area contributed by atoms with E-state index in [0.29, 0.717) is 35.1 Å². The number of aromatic nitrogens is 3. The first-order valence-corrected chi connectivity index (χ1v) is 7.58. The molecule has 1 atom stereocenters. The summed E-state index contributed by atoms with van der Waals surface area (Å²) in [6.07, 6.45) is 1.76. The third-order valence-electron chi connectivity index (χ3n) is 3.73. The number of carboxylic acids is 1. The maximum atomic E-state index is 12.4. The molecule has 0 aliphatic carbocycles. The number of benzene rings is 1. The Morgan fingerprint density at radius 1 is 1.36 bits per heavy atom. The van der Waals surface area contributed by atoms with Crippen molar-refractivity contribution < 1.29 is 9.90 Å². The van der Waals surface area contributed by atoms with Gasteiger partial charge in [-0.15, -0.1) is 0 Å². The van der Waals surface area contributed by atoms with E-state index in [4.69, 9.17) is 23.2 Å². The van der Waals surface area contributed by atoms with Crippen LogP contribution >= 0.6 is 23.2 Å². The van der Waals surface area contributed by atoms with Crippen LogP contribution in [0.2, 0.25) is 10.0 Å². The van der Waals surface area contributed by atoms with Gasteiger partial charge in [-0.05, 0) is 30.5 Å². The Labute approximate surface area is 135 Å². The minimum atomic E-state index is -1.00. The van der Waals surface area contributed by atoms with E-state index in [1.54, 1.807) is 18.2 Å². The number of fused-ring (bicyclic) bond motifs is 1. The minimum absolute atomic E-state index is 0.224. The van der Waals surface area contributed by atoms with Gasteiger partial charge in [0.2, 0.25) is 0 Å². The van der Waals surface area contributed by atoms with Gasteiger partial charge in [-0.25, -0.2) is 14.3 Å². The van der Waals surface area contributed by atoms with Crippen molar-refractivity contribution in [3.63, 3.8) is 0 Å². The fraction of sp³-hybridized carbons (Fsp3) is 0.357. The molecule has 0 radical (unpaired) electrons. The van der Waals surface area contributed by atoms with Gasteiger partial charge in [0, 0.05) is 6.42 Å². The molecule has 8 heteroatoms. The van der Waals surface area contributed by atoms with Crippen LogP contribution in [0.25, 0.3) is 0 Å². The molecule has 1 aromatic carbocycles. The van der Waals surface area contributed by atoms with Gasteiger partial charge in [-0.2, -0.15) is 5.10 Å². The molecule has 3 rings (SSSR count). The smallest absolute Gasteiger partial charge is 0.347 e. The van der Waals surface area contributed by atoms with Crippen LogP contribution in [-0.2, 0) is 17.8 Å². The first-order valence-electron chi connectivity index (χ1n) is 6.82. The van der Waals surface area contributed by atoms with Crippen molar-refractivity contribution >= 4 is 29.2 Å². The van der Waals surface area contributed by atoms with Crippen molar-refractivity contribution in [2.24, 2.45) is 0 Å². The second-order valence-electron chi connectivity index (χ2n) is 5.22. The molecule has 6 nitrogen and oxygen atoms in total. The van der Waals surface area contributed by atoms with Gasteiger partial charge in [0.1, 0.15) is 11.9 Å². The van der Waals surface area contributed by atoms with E-state index >= 15 is 0 Å². The number of hydrogen-bond donors (Lipinski definition) is 1. The van der Waals surface area contributed by atoms with E-state index in [1.165, 1.54) is 9.25 Å². The van der Waals surface area contributed by atoms with Crippen molar-refractivity contribution in [3.05, 3.63) is 50.1 Å². The van der Waals surface area contributed by atoms with E-state index in [-0.39, 0.29) is 6.54 Å². The molecule has 1 aliphatic heterocycles. The zero-order valence-electron chi connectivity index (χ0n) is 11.5. The van der Waals surface area contributed by atoms with Crippen molar-refractivity contribution in [3.8, 4) is 0 Å². The molecule has 0 amide bonds. The molecule has 0 saturated heterocycles. The quantitative estimate of drug-likeness (QED) is 0.929. The molecular formula is C14H13Cl2N3O3. The number of hydrogen-bond acceptors (Lipinski definition) is 3. The molecule has 22 heavy (non-hydrogen) atoms. The van der Waals surface area contributed by atoms with Crippen LogP contribution < -0.4 is 5.69 Å². The van der Waals surface area contributed by atoms with Crippen LogP contribution in [0, 0.1) is 0 Å². The van der Waals surface area contributed by atoms with Gasteiger partial charge in [-0.3, -0.25) is 4.57 Å². The Bertz CT molecular complexity index is 797. The molecule has 116 valence electrons. The summed E-state index contributed by atoms with van der Waals surface area (Å²) in [6, 6.07) is 4.25. The Balaban J connectivity index is 1.97. The van der Waals surface area contributed by atoms with E-state index in [2.05, 4.69) is 5.10 Å². The third-order valence-corrected chi connectivity index (χ3v) is 4.47. The number of aliphatic carboxylic acids is 1. The highest BCUT2D eigenvalue weighted by atomic mass is 35.5. The van der Waals surface area contributed by atoms with Gasteiger partial charge in [0.15, 0.2) is 0 Å². The zero-order valence-corrected chi connectivity index (χ0v) is 13.0. The van der Waals surface area contributed by atoms with E-state index < -0.39 is 17.7 Å². The van der Waals surface area contributed by atoms with E-state index in [0.717, 1.165) is 5.56 Å². The van der Waals surface area contributed by atoms with E-state index in [9.17, 15) is 14.7 Å². The summed E-state index contributed by atoms with van der Waals surface area (Å²) in [5, 5.41) is 14.3. The average Bonchev–Trinajstić information content (AvgIpc) is 2.79. The second kappa shape index (κ2) is 5.78. The minimum Gasteiger partial charge on any atom is -0.480 e. The molecular weight excluding hydrogens is 329 g/mol. The topological polar surface area (TPSA) is 77.1 Å². The summed E-state index contributed by atoms with van der Waals surface area (Å²) in [5.41, 5.74) is 0.368. The van der Waals surface area contributed by atoms with Gasteiger partial charge in [-0.1, -0.05) is 29.3 Å². The Hall–Kier alpha value is -1.79. The first kappa shape index (κ1) is 15.1. The number of aryl methyl sites for hydroxylation is 1. The fourth-order valence-corrected chi connectivity index (χ4v) is 3.00. The average molecular weight is 342 g/mol. The largest absolute Gasteiger partial charge is 0.480 e. The zero-order chi connectivity index (χ0) is 15.9. The molecule has 2 aromatic rings. The highest BCUT2D eigenvalue weighted by molar-refractivity contribution is 6.42. The Morgan fingerprint density at radius 3 is 2.82 bits per heavy atom. The summed E-state index contributed by atoms with van der Waals surface area (Å²) in [7, 11) is 0. The molecule has 1 aromatic heterocycles. The predicted octanol–water partition coefficient (Wildman–Crippen LogP) is 2.36. The van der Waals surface area contributed by atoms with Crippen LogP contribution in [0.4, 0.5) is 0 Å². The molecule has 1 N–H and O–H groups in total. The molecule has 0 spiro atoms. The predicted molar refractivity (Wildman–Crippen MR) is 81.7 cm³/mol. The standard InChI is InChI=1S/C14H13Cl2N3O3/c15-9-5-4-8(6-10(9)16)7-18-14(22)19-11(13(20)21)2-1-3-12(19)17-18/h4-6,11H,1-3,7H2,(H,20,21)/t11-/m1/s1. The SMILES string of the molecule is O=C(O)[C@H]1CCCc2nn(Cc3ccc(Cl)c(Cl)c3)c(=O)n21. The van der Waals surface area contributed by atoms with Crippen molar-refractivity contribution in [2.75, 3.05) is 0 Å². The lowest BCUT2D eigenvalue weighted by Crippen LogP contribution is -2.34. The second-order valence-corrected chi connectivity index (χ2v) is 6.04. The molecule has 1 aliphatic rings. The Morgan fingerprint density at radius 2 is 2.14 bits per heavy atom. The van der Waals surface area contributed by atoms with Crippen molar-refractivity contribution in [1.29, 1.82) is 0 Å². The molecule has 2 heterocycles. The lowest BCUT2D eigenvalue weighted by molar-refractivity contribution is -0.141. The monoisotopic (exact) mass is 341 g/mol. The number of nitrogens with zero attached hydrogens (tertiary/aromatic N) is 3. The lowest BCUT2D eigenvalue weighted by atomic mass is 10.1. The number of carboxylic acid groups (broad SMARTS) is 1. The number of carbonyl (C=O) groups is 1. The van der Waals surface area contributed by atoms with Gasteiger partial charge in [0.05, 0.1) is 16.6 Å². The number of halogens is 2. The highest BCUT2D eigenvalue weighted by Gasteiger charge is 2.30. The van der Waals surface area contributed by atoms with Gasteiger partial charge >= 0.3 is 11.7 Å². The Kier molecular flexibility index (Phi) is 3.97. The van der Waals surface area contributed by atoms with Gasteiger partial charge in [0.25, 0.3) is 0 Å². The van der Waals surface area contributed by atoms with Crippen LogP contribution in [0.5, 0.6) is 0 Å². The maximum absolute atomic E-state index is 12.4. The maximum Gasteiger partial charge on any atom is 0.347 e. The molecule has 0 bridgehead atoms. The van der Waals surface area contributed by atoms with Crippen LogP contribution in [0.3, 0.4) is 0 Å². The summed E-state index contributed by atoms with van der Waals surface area (Å²) in [5.74, 6) is -0.485. The summed E-state index contributed by atoms with van der Waals surface area (Å²) in [6.45, 7) is 0.224. The first-order chi connectivity index (χ1) is 10.5. The summed E-state index contributed by atoms with van der Waals surface area (Å²) < 4.78 is 2.56. The van der Waals surface area contributed by atoms with Gasteiger partial charge < -0.3 is 5.11 Å². The molecule has 0 fully saturated rings. The third kappa shape index (κ3) is 2.64. The van der Waals surface area contributed by atoms with E-state index in [1.807, 2.05) is 0 Å². The normalized spacial score (nSPS) is 17.3. The van der Waals surface area contributed by atoms with Crippen LogP contribution in [0.15, 0.2) is 23.0 Å². The fourth-order valence-electron chi connectivity index (χ4n) is 2.68. The molecule has 0 unspecified atom stereocenters. The summed E-state index contributed by atoms with van der Waals surface area (Å²) >= 11 is 11.8. The summed E-state index contributed by atoms with van der Waals surface area (Å²) in [4.78, 5) is 23.7. The van der Waals surface area contributed by atoms with Crippen molar-refractivity contribution in [1.82, 2.24) is 14.3 Å². The highest BCUT2D eigenvalue weighted by Crippen LogP contribution is 2.24.